The molecule has 96 valence electrons. The first-order chi connectivity index (χ1) is 7.84. The number of nitrogens with two attached hydrogens (primary N) is 1. The molecular formula is C13H23N3O. The van der Waals surface area contributed by atoms with E-state index in [1.807, 2.05) is 20.8 Å². The average molecular weight is 237 g/mol. The largest absolute Gasteiger partial charge is 0.352 e. The van der Waals surface area contributed by atoms with Crippen LogP contribution in [0.1, 0.15) is 46.5 Å². The summed E-state index contributed by atoms with van der Waals surface area (Å²) in [6, 6.07) is 2.14. The SMILES string of the molecule is CC(C)(C)C(N)CC(=O)NC1CCCC1C#N. The Morgan fingerprint density at radius 2 is 2.18 bits per heavy atom. The molecule has 3 atom stereocenters. The fraction of sp³-hybridized carbons (Fsp3) is 0.846. The predicted octanol–water partition coefficient (Wildman–Crippen LogP) is 1.56. The van der Waals surface area contributed by atoms with E-state index in [0.29, 0.717) is 6.42 Å². The lowest BCUT2D eigenvalue weighted by Crippen LogP contribution is -2.43. The number of carbonyl (C=O) groups is 1. The zero-order valence-corrected chi connectivity index (χ0v) is 11.0. The van der Waals surface area contributed by atoms with Crippen LogP contribution in [0, 0.1) is 22.7 Å². The third kappa shape index (κ3) is 4.01. The summed E-state index contributed by atoms with van der Waals surface area (Å²) in [7, 11) is 0. The minimum atomic E-state index is -0.149. The summed E-state index contributed by atoms with van der Waals surface area (Å²) in [6.07, 6.45) is 3.16. The smallest absolute Gasteiger partial charge is 0.221 e. The van der Waals surface area contributed by atoms with Gasteiger partial charge in [-0.3, -0.25) is 4.79 Å². The van der Waals surface area contributed by atoms with Crippen molar-refractivity contribution in [3.8, 4) is 6.07 Å². The fourth-order valence-electron chi connectivity index (χ4n) is 2.06. The van der Waals surface area contributed by atoms with Crippen LogP contribution in [-0.4, -0.2) is 18.0 Å². The molecule has 0 spiro atoms. The van der Waals surface area contributed by atoms with Crippen LogP contribution in [0.15, 0.2) is 0 Å². The van der Waals surface area contributed by atoms with Gasteiger partial charge < -0.3 is 11.1 Å². The van der Waals surface area contributed by atoms with Gasteiger partial charge in [0, 0.05) is 18.5 Å². The molecule has 1 fully saturated rings. The normalized spacial score (nSPS) is 26.3. The molecule has 0 bridgehead atoms. The number of amides is 1. The Bertz CT molecular complexity index is 314. The molecule has 0 aromatic heterocycles. The van der Waals surface area contributed by atoms with Gasteiger partial charge in [-0.05, 0) is 24.7 Å². The van der Waals surface area contributed by atoms with Gasteiger partial charge in [0.1, 0.15) is 0 Å². The minimum absolute atomic E-state index is 0.0233. The number of carbonyl (C=O) groups excluding carboxylic acids is 1. The third-order valence-corrected chi connectivity index (χ3v) is 3.55. The quantitative estimate of drug-likeness (QED) is 0.781. The first-order valence-corrected chi connectivity index (χ1v) is 6.29. The van der Waals surface area contributed by atoms with Gasteiger partial charge in [0.2, 0.25) is 5.91 Å². The highest BCUT2D eigenvalue weighted by Gasteiger charge is 2.30. The molecule has 0 aliphatic heterocycles. The van der Waals surface area contributed by atoms with Crippen molar-refractivity contribution in [3.05, 3.63) is 0 Å². The molecule has 0 saturated heterocycles. The molecule has 3 N–H and O–H groups in total. The van der Waals surface area contributed by atoms with Crippen molar-refractivity contribution < 1.29 is 4.79 Å². The third-order valence-electron chi connectivity index (χ3n) is 3.55. The average Bonchev–Trinajstić information content (AvgIpc) is 2.63. The maximum atomic E-state index is 11.8. The number of nitrogens with one attached hydrogen (secondary N) is 1. The minimum Gasteiger partial charge on any atom is -0.352 e. The molecule has 0 aromatic rings. The predicted molar refractivity (Wildman–Crippen MR) is 66.9 cm³/mol. The van der Waals surface area contributed by atoms with E-state index in [4.69, 9.17) is 11.0 Å². The Balaban J connectivity index is 2.43. The molecule has 0 aromatic carbocycles. The lowest BCUT2D eigenvalue weighted by atomic mass is 9.85. The van der Waals surface area contributed by atoms with Crippen LogP contribution in [-0.2, 0) is 4.79 Å². The summed E-state index contributed by atoms with van der Waals surface area (Å²) in [4.78, 5) is 11.8. The molecule has 1 rings (SSSR count). The molecule has 1 amide bonds. The first kappa shape index (κ1) is 14.0. The summed E-state index contributed by atoms with van der Waals surface area (Å²) < 4.78 is 0. The fourth-order valence-corrected chi connectivity index (χ4v) is 2.06. The lowest BCUT2D eigenvalue weighted by Gasteiger charge is -2.27. The van der Waals surface area contributed by atoms with Crippen molar-refractivity contribution in [2.75, 3.05) is 0 Å². The maximum Gasteiger partial charge on any atom is 0.221 e. The van der Waals surface area contributed by atoms with Crippen molar-refractivity contribution in [2.24, 2.45) is 17.1 Å². The van der Waals surface area contributed by atoms with E-state index in [-0.39, 0.29) is 29.3 Å². The zero-order valence-electron chi connectivity index (χ0n) is 11.0. The van der Waals surface area contributed by atoms with E-state index in [2.05, 4.69) is 11.4 Å². The summed E-state index contributed by atoms with van der Waals surface area (Å²) in [5.41, 5.74) is 5.90. The standard InChI is InChI=1S/C13H23N3O/c1-13(2,3)11(15)7-12(17)16-10-6-4-5-9(10)8-14/h9-11H,4-7,15H2,1-3H3,(H,16,17). The van der Waals surface area contributed by atoms with Gasteiger partial charge in [-0.1, -0.05) is 20.8 Å². The lowest BCUT2D eigenvalue weighted by molar-refractivity contribution is -0.122. The molecule has 0 heterocycles. The summed E-state index contributed by atoms with van der Waals surface area (Å²) in [5, 5.41) is 11.9. The van der Waals surface area contributed by atoms with E-state index in [0.717, 1.165) is 19.3 Å². The van der Waals surface area contributed by atoms with Crippen LogP contribution in [0.25, 0.3) is 0 Å². The van der Waals surface area contributed by atoms with Crippen molar-refractivity contribution in [2.45, 2.75) is 58.5 Å². The monoisotopic (exact) mass is 237 g/mol. The summed E-state index contributed by atoms with van der Waals surface area (Å²) in [6.45, 7) is 6.08. The summed E-state index contributed by atoms with van der Waals surface area (Å²) in [5.74, 6) is -0.0515. The highest BCUT2D eigenvalue weighted by Crippen LogP contribution is 2.25. The highest BCUT2D eigenvalue weighted by molar-refractivity contribution is 5.77. The molecule has 0 radical (unpaired) electrons. The van der Waals surface area contributed by atoms with Gasteiger partial charge in [-0.2, -0.15) is 5.26 Å². The summed E-state index contributed by atoms with van der Waals surface area (Å²) >= 11 is 0. The number of nitriles is 1. The van der Waals surface area contributed by atoms with Crippen molar-refractivity contribution in [1.29, 1.82) is 5.26 Å². The van der Waals surface area contributed by atoms with Crippen molar-refractivity contribution in [3.63, 3.8) is 0 Å². The van der Waals surface area contributed by atoms with Crippen LogP contribution < -0.4 is 11.1 Å². The van der Waals surface area contributed by atoms with Crippen LogP contribution in [0.5, 0.6) is 0 Å². The Hall–Kier alpha value is -1.08. The molecule has 1 aliphatic rings. The van der Waals surface area contributed by atoms with E-state index < -0.39 is 0 Å². The highest BCUT2D eigenvalue weighted by atomic mass is 16.1. The number of hydrogen-bond acceptors (Lipinski definition) is 3. The van der Waals surface area contributed by atoms with Crippen LogP contribution in [0.3, 0.4) is 0 Å². The van der Waals surface area contributed by atoms with E-state index in [1.165, 1.54) is 0 Å². The van der Waals surface area contributed by atoms with Gasteiger partial charge in [-0.15, -0.1) is 0 Å². The van der Waals surface area contributed by atoms with Crippen molar-refractivity contribution >= 4 is 5.91 Å². The van der Waals surface area contributed by atoms with E-state index >= 15 is 0 Å². The Labute approximate surface area is 104 Å². The van der Waals surface area contributed by atoms with E-state index in [1.54, 1.807) is 0 Å². The molecule has 1 saturated carbocycles. The second-order valence-electron chi connectivity index (χ2n) is 6.02. The Morgan fingerprint density at radius 1 is 1.53 bits per heavy atom. The Morgan fingerprint density at radius 3 is 2.71 bits per heavy atom. The molecule has 3 unspecified atom stereocenters. The molecular weight excluding hydrogens is 214 g/mol. The van der Waals surface area contributed by atoms with E-state index in [9.17, 15) is 4.79 Å². The topological polar surface area (TPSA) is 78.9 Å². The van der Waals surface area contributed by atoms with Gasteiger partial charge in [0.05, 0.1) is 12.0 Å². The Kier molecular flexibility index (Phi) is 4.53. The van der Waals surface area contributed by atoms with Crippen LogP contribution in [0.2, 0.25) is 0 Å². The maximum absolute atomic E-state index is 11.8. The zero-order chi connectivity index (χ0) is 13.1. The van der Waals surface area contributed by atoms with Crippen molar-refractivity contribution in [1.82, 2.24) is 5.32 Å². The first-order valence-electron chi connectivity index (χ1n) is 6.29. The van der Waals surface area contributed by atoms with Gasteiger partial charge in [0.15, 0.2) is 0 Å². The van der Waals surface area contributed by atoms with Gasteiger partial charge in [0.25, 0.3) is 0 Å². The molecule has 4 nitrogen and oxygen atoms in total. The second-order valence-corrected chi connectivity index (χ2v) is 6.02. The van der Waals surface area contributed by atoms with Crippen LogP contribution in [0.4, 0.5) is 0 Å². The molecule has 17 heavy (non-hydrogen) atoms. The number of rotatable bonds is 3. The van der Waals surface area contributed by atoms with Gasteiger partial charge >= 0.3 is 0 Å². The molecule has 1 aliphatic carbocycles. The van der Waals surface area contributed by atoms with Crippen LogP contribution >= 0.6 is 0 Å². The second kappa shape index (κ2) is 5.50. The number of hydrogen-bond donors (Lipinski definition) is 2. The number of nitrogens with zero attached hydrogens (tertiary/aromatic N) is 1. The molecule has 4 heteroatoms. The van der Waals surface area contributed by atoms with Gasteiger partial charge in [-0.25, -0.2) is 0 Å².